The molecule has 0 radical (unpaired) electrons. The number of rotatable bonds is 8. The predicted molar refractivity (Wildman–Crippen MR) is 115 cm³/mol. The Hall–Kier alpha value is -3.35. The average Bonchev–Trinajstić information content (AvgIpc) is 2.81. The number of β-lactam (4-membered cyclic amide) rings is 1. The highest BCUT2D eigenvalue weighted by Gasteiger charge is 2.62. The molecule has 1 N–H and O–H groups in total. The molecule has 1 fully saturated rings. The van der Waals surface area contributed by atoms with Crippen LogP contribution in [0.1, 0.15) is 25.0 Å². The van der Waals surface area contributed by atoms with Gasteiger partial charge in [-0.2, -0.15) is 0 Å². The summed E-state index contributed by atoms with van der Waals surface area (Å²) in [5.41, 5.74) is 0.704. The Morgan fingerprint density at radius 3 is 2.29 bits per heavy atom. The second-order valence-electron chi connectivity index (χ2n) is 7.80. The molecule has 3 rings (SSSR count). The third-order valence-electron chi connectivity index (χ3n) is 5.95. The highest BCUT2D eigenvalue weighted by Crippen LogP contribution is 2.42. The van der Waals surface area contributed by atoms with E-state index in [-0.39, 0.29) is 18.4 Å². The average molecular weight is 424 g/mol. The first-order chi connectivity index (χ1) is 14.8. The smallest absolute Gasteiger partial charge is 0.328 e. The van der Waals surface area contributed by atoms with Crippen molar-refractivity contribution in [2.45, 2.75) is 38.4 Å². The molecule has 0 spiro atoms. The quantitative estimate of drug-likeness (QED) is 0.519. The van der Waals surface area contributed by atoms with Gasteiger partial charge in [0.25, 0.3) is 0 Å². The standard InChI is InChI=1S/C24H28N2O5/c1-16-21(27)26(15-19-10-12-20(30-3)13-11-19)24(16,14-18-8-6-5-7-9-18)23(29)25-17(2)22(28)31-4/h5-13,16-17H,14-15H2,1-4H3,(H,25,29)/t16-,17+,24+/m1/s1. The van der Waals surface area contributed by atoms with Gasteiger partial charge in [-0.15, -0.1) is 0 Å². The second kappa shape index (κ2) is 9.20. The fraction of sp³-hybridized carbons (Fsp3) is 0.375. The zero-order chi connectivity index (χ0) is 22.6. The molecule has 0 bridgehead atoms. The number of hydrogen-bond donors (Lipinski definition) is 1. The van der Waals surface area contributed by atoms with Crippen LogP contribution in [-0.4, -0.2) is 48.5 Å². The molecule has 0 saturated carbocycles. The lowest BCUT2D eigenvalue weighted by molar-refractivity contribution is -0.179. The lowest BCUT2D eigenvalue weighted by atomic mass is 9.69. The maximum absolute atomic E-state index is 13.5. The summed E-state index contributed by atoms with van der Waals surface area (Å²) < 4.78 is 9.94. The highest BCUT2D eigenvalue weighted by molar-refractivity contribution is 6.04. The van der Waals surface area contributed by atoms with Gasteiger partial charge in [0.05, 0.1) is 20.1 Å². The van der Waals surface area contributed by atoms with Crippen molar-refractivity contribution in [1.29, 1.82) is 0 Å². The summed E-state index contributed by atoms with van der Waals surface area (Å²) in [5.74, 6) is -0.825. The van der Waals surface area contributed by atoms with Crippen LogP contribution in [0.5, 0.6) is 5.75 Å². The molecular formula is C24H28N2O5. The number of benzene rings is 2. The first kappa shape index (κ1) is 22.3. The van der Waals surface area contributed by atoms with Crippen LogP contribution < -0.4 is 10.1 Å². The molecule has 1 aliphatic heterocycles. The number of hydrogen-bond acceptors (Lipinski definition) is 5. The Labute approximate surface area is 182 Å². The zero-order valence-corrected chi connectivity index (χ0v) is 18.3. The van der Waals surface area contributed by atoms with Crippen molar-refractivity contribution in [2.24, 2.45) is 5.92 Å². The van der Waals surface area contributed by atoms with Gasteiger partial charge >= 0.3 is 5.97 Å². The number of nitrogens with one attached hydrogen (secondary N) is 1. The normalized spacial score (nSPS) is 21.1. The Morgan fingerprint density at radius 1 is 1.06 bits per heavy atom. The molecule has 0 aromatic heterocycles. The molecule has 0 aliphatic carbocycles. The van der Waals surface area contributed by atoms with E-state index in [1.54, 1.807) is 25.9 Å². The fourth-order valence-electron chi connectivity index (χ4n) is 4.05. The van der Waals surface area contributed by atoms with Gasteiger partial charge in [0.15, 0.2) is 0 Å². The molecule has 2 amide bonds. The van der Waals surface area contributed by atoms with Gasteiger partial charge in [0.2, 0.25) is 11.8 Å². The minimum atomic E-state index is -1.11. The molecule has 164 valence electrons. The van der Waals surface area contributed by atoms with Crippen LogP contribution in [0.25, 0.3) is 0 Å². The van der Waals surface area contributed by atoms with Crippen molar-refractivity contribution in [1.82, 2.24) is 10.2 Å². The summed E-state index contributed by atoms with van der Waals surface area (Å²) in [6.45, 7) is 3.61. The van der Waals surface area contributed by atoms with Gasteiger partial charge in [0.1, 0.15) is 17.3 Å². The van der Waals surface area contributed by atoms with Crippen LogP contribution in [0.2, 0.25) is 0 Å². The monoisotopic (exact) mass is 424 g/mol. The number of ether oxygens (including phenoxy) is 2. The van der Waals surface area contributed by atoms with Crippen molar-refractivity contribution in [3.05, 3.63) is 65.7 Å². The Kier molecular flexibility index (Phi) is 6.63. The van der Waals surface area contributed by atoms with Crippen molar-refractivity contribution in [2.75, 3.05) is 14.2 Å². The molecule has 1 heterocycles. The summed E-state index contributed by atoms with van der Waals surface area (Å²) >= 11 is 0. The summed E-state index contributed by atoms with van der Waals surface area (Å²) in [7, 11) is 2.86. The van der Waals surface area contributed by atoms with Gasteiger partial charge in [-0.1, -0.05) is 49.4 Å². The van der Waals surface area contributed by atoms with Crippen molar-refractivity contribution in [3.63, 3.8) is 0 Å². The Morgan fingerprint density at radius 2 is 1.71 bits per heavy atom. The Bertz CT molecular complexity index is 944. The minimum absolute atomic E-state index is 0.104. The van der Waals surface area contributed by atoms with E-state index in [0.717, 1.165) is 11.1 Å². The summed E-state index contributed by atoms with van der Waals surface area (Å²) in [4.78, 5) is 39.9. The van der Waals surface area contributed by atoms with Gasteiger partial charge < -0.3 is 19.7 Å². The molecular weight excluding hydrogens is 396 g/mol. The number of amides is 2. The van der Waals surface area contributed by atoms with E-state index in [4.69, 9.17) is 9.47 Å². The zero-order valence-electron chi connectivity index (χ0n) is 18.3. The number of carbonyl (C=O) groups excluding carboxylic acids is 3. The largest absolute Gasteiger partial charge is 0.497 e. The Balaban J connectivity index is 1.94. The lowest BCUT2D eigenvalue weighted by Crippen LogP contribution is -2.76. The van der Waals surface area contributed by atoms with Crippen LogP contribution in [0.4, 0.5) is 0 Å². The third kappa shape index (κ3) is 4.26. The number of nitrogens with zero attached hydrogens (tertiary/aromatic N) is 1. The summed E-state index contributed by atoms with van der Waals surface area (Å²) in [5, 5.41) is 2.75. The number of carbonyl (C=O) groups is 3. The fourth-order valence-corrected chi connectivity index (χ4v) is 4.05. The SMILES string of the molecule is COC(=O)[C@H](C)NC(=O)[C@]1(Cc2ccccc2)[C@H](C)C(=O)N1Cc1ccc(OC)cc1. The van der Waals surface area contributed by atoms with Crippen LogP contribution in [0, 0.1) is 5.92 Å². The summed E-state index contributed by atoms with van der Waals surface area (Å²) in [6.07, 6.45) is 0.344. The van der Waals surface area contributed by atoms with Gasteiger partial charge in [-0.25, -0.2) is 4.79 Å². The van der Waals surface area contributed by atoms with Gasteiger partial charge in [0, 0.05) is 13.0 Å². The van der Waals surface area contributed by atoms with Crippen LogP contribution in [-0.2, 0) is 32.1 Å². The van der Waals surface area contributed by atoms with Crippen molar-refractivity contribution in [3.8, 4) is 5.75 Å². The maximum Gasteiger partial charge on any atom is 0.328 e. The van der Waals surface area contributed by atoms with E-state index >= 15 is 0 Å². The van der Waals surface area contributed by atoms with Gasteiger partial charge in [-0.3, -0.25) is 9.59 Å². The molecule has 3 atom stereocenters. The molecule has 2 aromatic rings. The molecule has 7 nitrogen and oxygen atoms in total. The van der Waals surface area contributed by atoms with E-state index < -0.39 is 23.5 Å². The maximum atomic E-state index is 13.5. The third-order valence-corrected chi connectivity index (χ3v) is 5.95. The molecule has 1 saturated heterocycles. The number of esters is 1. The predicted octanol–water partition coefficient (Wildman–Crippen LogP) is 2.33. The highest BCUT2D eigenvalue weighted by atomic mass is 16.5. The van der Waals surface area contributed by atoms with E-state index in [2.05, 4.69) is 5.32 Å². The van der Waals surface area contributed by atoms with Crippen LogP contribution in [0.3, 0.4) is 0 Å². The van der Waals surface area contributed by atoms with E-state index in [9.17, 15) is 14.4 Å². The van der Waals surface area contributed by atoms with Gasteiger partial charge in [-0.05, 0) is 30.2 Å². The van der Waals surface area contributed by atoms with E-state index in [0.29, 0.717) is 12.2 Å². The topological polar surface area (TPSA) is 84.9 Å². The van der Waals surface area contributed by atoms with Crippen LogP contribution >= 0.6 is 0 Å². The first-order valence-electron chi connectivity index (χ1n) is 10.2. The lowest BCUT2D eigenvalue weighted by Gasteiger charge is -2.55. The van der Waals surface area contributed by atoms with E-state index in [1.807, 2.05) is 54.6 Å². The minimum Gasteiger partial charge on any atom is -0.497 e. The molecule has 2 aromatic carbocycles. The van der Waals surface area contributed by atoms with E-state index in [1.165, 1.54) is 7.11 Å². The molecule has 31 heavy (non-hydrogen) atoms. The van der Waals surface area contributed by atoms with Crippen molar-refractivity contribution < 1.29 is 23.9 Å². The van der Waals surface area contributed by atoms with Crippen molar-refractivity contribution >= 4 is 17.8 Å². The molecule has 1 aliphatic rings. The first-order valence-corrected chi connectivity index (χ1v) is 10.2. The summed E-state index contributed by atoms with van der Waals surface area (Å²) in [6, 6.07) is 16.1. The number of likely N-dealkylation sites (tertiary alicyclic amines) is 1. The molecule has 7 heteroatoms. The number of methoxy groups -OCH3 is 2. The molecule has 0 unspecified atom stereocenters. The second-order valence-corrected chi connectivity index (χ2v) is 7.80. The van der Waals surface area contributed by atoms with Crippen LogP contribution in [0.15, 0.2) is 54.6 Å².